The lowest BCUT2D eigenvalue weighted by Gasteiger charge is -2.21. The predicted octanol–water partition coefficient (Wildman–Crippen LogP) is 4.59. The van der Waals surface area contributed by atoms with Gasteiger partial charge in [0, 0.05) is 41.6 Å². The van der Waals surface area contributed by atoms with E-state index in [1.165, 1.54) is 0 Å². The Morgan fingerprint density at radius 1 is 0.781 bits per heavy atom. The van der Waals surface area contributed by atoms with Crippen molar-refractivity contribution >= 4 is 34.8 Å². The lowest BCUT2D eigenvalue weighted by molar-refractivity contribution is -0.119. The lowest BCUT2D eigenvalue weighted by Crippen LogP contribution is -2.32. The molecule has 7 heteroatoms. The molecule has 3 N–H and O–H groups in total. The summed E-state index contributed by atoms with van der Waals surface area (Å²) < 4.78 is 0. The molecule has 0 aromatic heterocycles. The van der Waals surface area contributed by atoms with Gasteiger partial charge in [-0.05, 0) is 61.4 Å². The van der Waals surface area contributed by atoms with E-state index in [-0.39, 0.29) is 30.2 Å². The van der Waals surface area contributed by atoms with Crippen LogP contribution >= 0.6 is 0 Å². The Bertz CT molecular complexity index is 886. The summed E-state index contributed by atoms with van der Waals surface area (Å²) in [6.07, 6.45) is 1.85. The molecule has 0 fully saturated rings. The fraction of sp³-hybridized carbons (Fsp3) is 0.400. The summed E-state index contributed by atoms with van der Waals surface area (Å²) in [4.78, 5) is 38.5. The summed E-state index contributed by atoms with van der Waals surface area (Å²) in [6, 6.07) is 14.2. The second-order valence-corrected chi connectivity index (χ2v) is 7.99. The van der Waals surface area contributed by atoms with Crippen LogP contribution in [0.15, 0.2) is 48.5 Å². The van der Waals surface area contributed by atoms with Gasteiger partial charge < -0.3 is 20.9 Å². The van der Waals surface area contributed by atoms with E-state index in [1.807, 2.05) is 30.9 Å². The average molecular weight is 439 g/mol. The molecule has 3 amide bonds. The molecule has 0 heterocycles. The van der Waals surface area contributed by atoms with Crippen LogP contribution in [0.4, 0.5) is 17.1 Å². The smallest absolute Gasteiger partial charge is 0.253 e. The first-order chi connectivity index (χ1) is 15.3. The van der Waals surface area contributed by atoms with E-state index >= 15 is 0 Å². The largest absolute Gasteiger partial charge is 0.376 e. The van der Waals surface area contributed by atoms with Crippen LogP contribution in [0.3, 0.4) is 0 Å². The standard InChI is InChI=1S/C25H34N4O3/c1-5-15-29(16-6-2)25(32)19-7-9-20(10-8-19)26-17-23(30)27-21-11-13-22(14-12-21)28-24(31)18(3)4/h7-14,18,26H,5-6,15-17H2,1-4H3,(H,27,30)(H,28,31). The van der Waals surface area contributed by atoms with Gasteiger partial charge in [-0.15, -0.1) is 0 Å². The Balaban J connectivity index is 1.85. The van der Waals surface area contributed by atoms with Crippen LogP contribution in [-0.2, 0) is 9.59 Å². The van der Waals surface area contributed by atoms with E-state index in [4.69, 9.17) is 0 Å². The first-order valence-corrected chi connectivity index (χ1v) is 11.2. The summed E-state index contributed by atoms with van der Waals surface area (Å²) in [6.45, 7) is 9.37. The number of hydrogen-bond donors (Lipinski definition) is 3. The molecular formula is C25H34N4O3. The van der Waals surface area contributed by atoms with E-state index in [0.29, 0.717) is 16.9 Å². The van der Waals surface area contributed by atoms with E-state index in [0.717, 1.165) is 31.6 Å². The van der Waals surface area contributed by atoms with Gasteiger partial charge in [-0.25, -0.2) is 0 Å². The monoisotopic (exact) mass is 438 g/mol. The summed E-state index contributed by atoms with van der Waals surface area (Å²) in [7, 11) is 0. The third-order valence-electron chi connectivity index (χ3n) is 4.82. The Kier molecular flexibility index (Phi) is 9.73. The van der Waals surface area contributed by atoms with Gasteiger partial charge in [0.2, 0.25) is 11.8 Å². The average Bonchev–Trinajstić information content (AvgIpc) is 2.78. The number of amides is 3. The highest BCUT2D eigenvalue weighted by molar-refractivity contribution is 5.96. The van der Waals surface area contributed by atoms with Crippen molar-refractivity contribution in [2.75, 3.05) is 35.6 Å². The molecule has 0 unspecified atom stereocenters. The van der Waals surface area contributed by atoms with Crippen LogP contribution in [0.1, 0.15) is 50.9 Å². The van der Waals surface area contributed by atoms with Gasteiger partial charge in [0.25, 0.3) is 5.91 Å². The zero-order valence-corrected chi connectivity index (χ0v) is 19.4. The number of anilines is 3. The zero-order valence-electron chi connectivity index (χ0n) is 19.4. The maximum Gasteiger partial charge on any atom is 0.253 e. The van der Waals surface area contributed by atoms with Crippen LogP contribution in [0, 0.1) is 5.92 Å². The van der Waals surface area contributed by atoms with Gasteiger partial charge in [-0.1, -0.05) is 27.7 Å². The Hall–Kier alpha value is -3.35. The Morgan fingerprint density at radius 3 is 1.78 bits per heavy atom. The molecule has 2 rings (SSSR count). The first kappa shape index (κ1) is 24.9. The minimum absolute atomic E-state index is 0.0334. The molecule has 2 aromatic rings. The molecule has 7 nitrogen and oxygen atoms in total. The summed E-state index contributed by atoms with van der Waals surface area (Å²) >= 11 is 0. The van der Waals surface area contributed by atoms with Crippen molar-refractivity contribution < 1.29 is 14.4 Å². The van der Waals surface area contributed by atoms with Crippen molar-refractivity contribution in [2.45, 2.75) is 40.5 Å². The molecule has 0 aliphatic carbocycles. The van der Waals surface area contributed by atoms with Crippen LogP contribution in [-0.4, -0.2) is 42.3 Å². The summed E-state index contributed by atoms with van der Waals surface area (Å²) in [5, 5.41) is 8.69. The molecule has 2 aromatic carbocycles. The molecule has 32 heavy (non-hydrogen) atoms. The molecule has 0 atom stereocenters. The van der Waals surface area contributed by atoms with E-state index in [9.17, 15) is 14.4 Å². The minimum atomic E-state index is -0.193. The number of benzene rings is 2. The van der Waals surface area contributed by atoms with Gasteiger partial charge in [-0.2, -0.15) is 0 Å². The minimum Gasteiger partial charge on any atom is -0.376 e. The van der Waals surface area contributed by atoms with Crippen molar-refractivity contribution in [1.29, 1.82) is 0 Å². The Morgan fingerprint density at radius 2 is 1.28 bits per heavy atom. The molecular weight excluding hydrogens is 404 g/mol. The van der Waals surface area contributed by atoms with E-state index in [1.54, 1.807) is 36.4 Å². The topological polar surface area (TPSA) is 90.5 Å². The summed E-state index contributed by atoms with van der Waals surface area (Å²) in [5.41, 5.74) is 2.74. The quantitative estimate of drug-likeness (QED) is 0.478. The number of carbonyl (C=O) groups excluding carboxylic acids is 3. The molecule has 0 spiro atoms. The molecule has 0 radical (unpaired) electrons. The molecule has 0 bridgehead atoms. The highest BCUT2D eigenvalue weighted by Gasteiger charge is 2.14. The van der Waals surface area contributed by atoms with Crippen molar-refractivity contribution in [1.82, 2.24) is 4.90 Å². The fourth-order valence-corrected chi connectivity index (χ4v) is 3.08. The predicted molar refractivity (Wildman–Crippen MR) is 130 cm³/mol. The molecule has 0 aliphatic rings. The van der Waals surface area contributed by atoms with Gasteiger partial charge in [0.15, 0.2) is 0 Å². The maximum atomic E-state index is 12.6. The third kappa shape index (κ3) is 7.72. The molecule has 0 aliphatic heterocycles. The lowest BCUT2D eigenvalue weighted by atomic mass is 10.1. The van der Waals surface area contributed by atoms with Crippen molar-refractivity contribution in [3.8, 4) is 0 Å². The van der Waals surface area contributed by atoms with Crippen LogP contribution in [0.25, 0.3) is 0 Å². The van der Waals surface area contributed by atoms with Gasteiger partial charge in [0.05, 0.1) is 6.54 Å². The van der Waals surface area contributed by atoms with Crippen molar-refractivity contribution in [2.24, 2.45) is 5.92 Å². The van der Waals surface area contributed by atoms with Gasteiger partial charge in [-0.3, -0.25) is 14.4 Å². The molecule has 172 valence electrons. The van der Waals surface area contributed by atoms with Crippen LogP contribution < -0.4 is 16.0 Å². The molecule has 0 saturated heterocycles. The second-order valence-electron chi connectivity index (χ2n) is 7.99. The first-order valence-electron chi connectivity index (χ1n) is 11.2. The summed E-state index contributed by atoms with van der Waals surface area (Å²) in [5.74, 6) is -0.311. The number of nitrogens with one attached hydrogen (secondary N) is 3. The van der Waals surface area contributed by atoms with Gasteiger partial charge >= 0.3 is 0 Å². The fourth-order valence-electron chi connectivity index (χ4n) is 3.08. The SMILES string of the molecule is CCCN(CCC)C(=O)c1ccc(NCC(=O)Nc2ccc(NC(=O)C(C)C)cc2)cc1. The van der Waals surface area contributed by atoms with Crippen molar-refractivity contribution in [3.63, 3.8) is 0 Å². The number of carbonyl (C=O) groups is 3. The van der Waals surface area contributed by atoms with E-state index in [2.05, 4.69) is 29.8 Å². The van der Waals surface area contributed by atoms with Gasteiger partial charge in [0.1, 0.15) is 0 Å². The number of rotatable bonds is 11. The molecule has 0 saturated carbocycles. The van der Waals surface area contributed by atoms with Crippen LogP contribution in [0.5, 0.6) is 0 Å². The maximum absolute atomic E-state index is 12.6. The number of hydrogen-bond acceptors (Lipinski definition) is 4. The number of nitrogens with zero attached hydrogens (tertiary/aromatic N) is 1. The third-order valence-corrected chi connectivity index (χ3v) is 4.82. The zero-order chi connectivity index (χ0) is 23.5. The highest BCUT2D eigenvalue weighted by Crippen LogP contribution is 2.15. The van der Waals surface area contributed by atoms with Crippen molar-refractivity contribution in [3.05, 3.63) is 54.1 Å². The highest BCUT2D eigenvalue weighted by atomic mass is 16.2. The second kappa shape index (κ2) is 12.5. The normalized spacial score (nSPS) is 10.5. The van der Waals surface area contributed by atoms with E-state index < -0.39 is 0 Å². The van der Waals surface area contributed by atoms with Crippen LogP contribution in [0.2, 0.25) is 0 Å². The Labute approximate surface area is 190 Å².